The summed E-state index contributed by atoms with van der Waals surface area (Å²) < 4.78 is 45.3. The van der Waals surface area contributed by atoms with Crippen molar-refractivity contribution in [3.63, 3.8) is 0 Å². The van der Waals surface area contributed by atoms with Gasteiger partial charge in [-0.25, -0.2) is 9.78 Å². The van der Waals surface area contributed by atoms with E-state index in [0.717, 1.165) is 65.1 Å². The zero-order valence-electron chi connectivity index (χ0n) is 17.8. The number of likely N-dealkylation sites (tertiary alicyclic amines) is 1. The van der Waals surface area contributed by atoms with Crippen LogP contribution in [0.3, 0.4) is 0 Å². The van der Waals surface area contributed by atoms with Crippen molar-refractivity contribution in [1.82, 2.24) is 19.4 Å². The van der Waals surface area contributed by atoms with Gasteiger partial charge in [0, 0.05) is 51.6 Å². The predicted octanol–water partition coefficient (Wildman–Crippen LogP) is 1.69. The summed E-state index contributed by atoms with van der Waals surface area (Å²) in [5, 5.41) is 7.12. The molecule has 1 N–H and O–H groups in total. The van der Waals surface area contributed by atoms with E-state index in [1.54, 1.807) is 0 Å². The topological polar surface area (TPSA) is 97.1 Å². The molecule has 0 saturated carbocycles. The quantitative estimate of drug-likeness (QED) is 0.711. The molecule has 9 nitrogen and oxygen atoms in total. The Morgan fingerprint density at radius 1 is 1.22 bits per heavy atom. The van der Waals surface area contributed by atoms with Crippen molar-refractivity contribution < 1.29 is 37.3 Å². The molecule has 1 unspecified atom stereocenters. The molecule has 3 aliphatic rings. The molecule has 4 rings (SSSR count). The number of rotatable bonds is 5. The summed E-state index contributed by atoms with van der Waals surface area (Å²) in [6, 6.07) is 0.798. The number of carboxylic acids is 1. The van der Waals surface area contributed by atoms with Gasteiger partial charge in [-0.05, 0) is 25.7 Å². The smallest absolute Gasteiger partial charge is 0.475 e. The summed E-state index contributed by atoms with van der Waals surface area (Å²) in [6.07, 6.45) is 3.19. The Kier molecular flexibility index (Phi) is 8.49. The van der Waals surface area contributed by atoms with Crippen LogP contribution in [0.2, 0.25) is 0 Å². The highest BCUT2D eigenvalue weighted by Crippen LogP contribution is 2.26. The van der Waals surface area contributed by atoms with E-state index in [-0.39, 0.29) is 18.6 Å². The monoisotopic (exact) mass is 462 g/mol. The number of carbonyl (C=O) groups is 2. The third kappa shape index (κ3) is 6.66. The number of aromatic nitrogens is 2. The van der Waals surface area contributed by atoms with E-state index in [1.165, 1.54) is 5.69 Å². The van der Waals surface area contributed by atoms with Crippen LogP contribution in [-0.2, 0) is 25.6 Å². The van der Waals surface area contributed by atoms with E-state index in [4.69, 9.17) is 19.4 Å². The minimum atomic E-state index is -5.08. The second-order valence-electron chi connectivity index (χ2n) is 8.12. The van der Waals surface area contributed by atoms with Gasteiger partial charge in [0.15, 0.2) is 0 Å². The molecule has 0 aromatic carbocycles. The molecule has 4 heterocycles. The fourth-order valence-electron chi connectivity index (χ4n) is 4.22. The predicted molar refractivity (Wildman–Crippen MR) is 106 cm³/mol. The number of ether oxygens (including phenoxy) is 2. The average Bonchev–Trinajstić information content (AvgIpc) is 3.46. The van der Waals surface area contributed by atoms with E-state index in [0.29, 0.717) is 12.6 Å². The lowest BCUT2D eigenvalue weighted by molar-refractivity contribution is -0.192. The zero-order valence-corrected chi connectivity index (χ0v) is 17.8. The zero-order chi connectivity index (χ0) is 23.1. The maximum absolute atomic E-state index is 12.2. The van der Waals surface area contributed by atoms with E-state index in [1.807, 2.05) is 17.4 Å². The molecule has 0 aliphatic carbocycles. The average molecular weight is 462 g/mol. The molecule has 32 heavy (non-hydrogen) atoms. The first kappa shape index (κ1) is 24.5. The Labute approximate surface area is 184 Å². The molecule has 1 atom stereocenters. The molecule has 180 valence electrons. The maximum Gasteiger partial charge on any atom is 0.490 e. The van der Waals surface area contributed by atoms with Gasteiger partial charge in [-0.15, -0.1) is 0 Å². The molecular formula is C20H29F3N4O5. The Morgan fingerprint density at radius 3 is 2.50 bits per heavy atom. The summed E-state index contributed by atoms with van der Waals surface area (Å²) >= 11 is 0. The van der Waals surface area contributed by atoms with E-state index < -0.39 is 12.1 Å². The van der Waals surface area contributed by atoms with Crippen LogP contribution in [0.25, 0.3) is 0 Å². The third-order valence-corrected chi connectivity index (χ3v) is 5.89. The van der Waals surface area contributed by atoms with Gasteiger partial charge in [0.2, 0.25) is 5.91 Å². The van der Waals surface area contributed by atoms with Gasteiger partial charge in [0.05, 0.1) is 24.7 Å². The molecule has 2 saturated heterocycles. The van der Waals surface area contributed by atoms with Gasteiger partial charge < -0.3 is 24.0 Å². The molecule has 3 aliphatic heterocycles. The Bertz CT molecular complexity index is 761. The molecule has 1 aromatic heterocycles. The van der Waals surface area contributed by atoms with Crippen molar-refractivity contribution in [2.24, 2.45) is 0 Å². The van der Waals surface area contributed by atoms with Crippen molar-refractivity contribution >= 4 is 11.9 Å². The number of hydrogen-bond donors (Lipinski definition) is 1. The summed E-state index contributed by atoms with van der Waals surface area (Å²) in [5.41, 5.74) is 1.23. The number of imidazole rings is 1. The Morgan fingerprint density at radius 2 is 1.88 bits per heavy atom. The lowest BCUT2D eigenvalue weighted by Gasteiger charge is -2.40. The lowest BCUT2D eigenvalue weighted by Crippen LogP contribution is -2.46. The number of carbonyl (C=O) groups excluding carboxylic acids is 1. The first-order valence-electron chi connectivity index (χ1n) is 10.7. The molecular weight excluding hydrogens is 433 g/mol. The molecule has 1 aromatic rings. The van der Waals surface area contributed by atoms with E-state index >= 15 is 0 Å². The Balaban J connectivity index is 0.000000360. The van der Waals surface area contributed by atoms with Gasteiger partial charge in [-0.2, -0.15) is 13.2 Å². The largest absolute Gasteiger partial charge is 0.490 e. The second kappa shape index (κ2) is 11.1. The summed E-state index contributed by atoms with van der Waals surface area (Å²) in [4.78, 5) is 29.8. The molecule has 12 heteroatoms. The second-order valence-corrected chi connectivity index (χ2v) is 8.12. The van der Waals surface area contributed by atoms with Crippen molar-refractivity contribution in [2.45, 2.75) is 50.5 Å². The summed E-state index contributed by atoms with van der Waals surface area (Å²) in [5.74, 6) is -2.63. The van der Waals surface area contributed by atoms with Crippen LogP contribution in [0.1, 0.15) is 37.4 Å². The number of alkyl halides is 3. The van der Waals surface area contributed by atoms with Gasteiger partial charge in [-0.3, -0.25) is 9.69 Å². The van der Waals surface area contributed by atoms with Crippen molar-refractivity contribution in [3.8, 4) is 0 Å². The first-order valence-corrected chi connectivity index (χ1v) is 10.7. The van der Waals surface area contributed by atoms with Crippen LogP contribution in [0.4, 0.5) is 13.2 Å². The van der Waals surface area contributed by atoms with Gasteiger partial charge in [0.1, 0.15) is 6.61 Å². The minimum Gasteiger partial charge on any atom is -0.475 e. The molecule has 2 fully saturated rings. The fraction of sp³-hybridized carbons (Fsp3) is 0.750. The normalized spacial score (nSPS) is 22.2. The number of nitrogens with zero attached hydrogens (tertiary/aromatic N) is 4. The number of halogens is 3. The molecule has 0 radical (unpaired) electrons. The van der Waals surface area contributed by atoms with E-state index in [2.05, 4.69) is 14.5 Å². The highest BCUT2D eigenvalue weighted by Gasteiger charge is 2.38. The van der Waals surface area contributed by atoms with Crippen LogP contribution in [0.5, 0.6) is 0 Å². The van der Waals surface area contributed by atoms with Crippen molar-refractivity contribution in [1.29, 1.82) is 0 Å². The number of fused-ring (bicyclic) bond motifs is 1. The number of aliphatic carboxylic acids is 1. The standard InChI is InChI=1S/C18H28N4O3.C2HF3O2/c23-18(20-5-1-2-6-20)13-25-12-17-11-21(15-3-7-24-8-4-15)10-16-9-19-14-22(16)17;3-2(4,5)1(6)7/h9,14-15,17H,1-8,10-13H2;(H,6,7). The van der Waals surface area contributed by atoms with Gasteiger partial charge in [-0.1, -0.05) is 0 Å². The Hall–Kier alpha value is -2.18. The van der Waals surface area contributed by atoms with Crippen LogP contribution in [-0.4, -0.2) is 94.6 Å². The molecule has 0 spiro atoms. The maximum atomic E-state index is 12.2. The lowest BCUT2D eigenvalue weighted by atomic mass is 10.0. The van der Waals surface area contributed by atoms with Gasteiger partial charge in [0.25, 0.3) is 0 Å². The molecule has 0 bridgehead atoms. The van der Waals surface area contributed by atoms with Crippen LogP contribution in [0, 0.1) is 0 Å². The summed E-state index contributed by atoms with van der Waals surface area (Å²) in [6.45, 7) is 6.11. The number of hydrogen-bond acceptors (Lipinski definition) is 6. The SMILES string of the molecule is O=C(COCC1CN(C2CCOCC2)Cc2cncn21)N1CCCC1.O=C(O)C(F)(F)F. The highest BCUT2D eigenvalue weighted by atomic mass is 19.4. The number of carboxylic acid groups (broad SMARTS) is 1. The highest BCUT2D eigenvalue weighted by molar-refractivity contribution is 5.77. The van der Waals surface area contributed by atoms with Crippen molar-refractivity contribution in [2.75, 3.05) is 46.1 Å². The van der Waals surface area contributed by atoms with Crippen LogP contribution >= 0.6 is 0 Å². The van der Waals surface area contributed by atoms with Gasteiger partial charge >= 0.3 is 12.1 Å². The number of amides is 1. The minimum absolute atomic E-state index is 0.125. The van der Waals surface area contributed by atoms with Crippen LogP contribution < -0.4 is 0 Å². The van der Waals surface area contributed by atoms with Crippen LogP contribution in [0.15, 0.2) is 12.5 Å². The molecule has 1 amide bonds. The summed E-state index contributed by atoms with van der Waals surface area (Å²) in [7, 11) is 0. The van der Waals surface area contributed by atoms with Crippen molar-refractivity contribution in [3.05, 3.63) is 18.2 Å². The fourth-order valence-corrected chi connectivity index (χ4v) is 4.22. The third-order valence-electron chi connectivity index (χ3n) is 5.89. The van der Waals surface area contributed by atoms with E-state index in [9.17, 15) is 18.0 Å². The first-order chi connectivity index (χ1) is 15.3.